The Bertz CT molecular complexity index is 742. The van der Waals surface area contributed by atoms with Crippen molar-refractivity contribution >= 4 is 22.1 Å². The summed E-state index contributed by atoms with van der Waals surface area (Å²) in [7, 11) is -3.76. The summed E-state index contributed by atoms with van der Waals surface area (Å²) >= 11 is 0. The number of nitrogens with zero attached hydrogens (tertiary/aromatic N) is 2. The maximum absolute atomic E-state index is 12.2. The van der Waals surface area contributed by atoms with E-state index in [1.165, 1.54) is 11.8 Å². The second-order valence-corrected chi connectivity index (χ2v) is 8.31. The van der Waals surface area contributed by atoms with Gasteiger partial charge in [-0.25, -0.2) is 9.93 Å². The summed E-state index contributed by atoms with van der Waals surface area (Å²) < 4.78 is 24.3. The van der Waals surface area contributed by atoms with Crippen LogP contribution in [0.15, 0.2) is 11.3 Å². The van der Waals surface area contributed by atoms with Crippen molar-refractivity contribution in [3.8, 4) is 0 Å². The highest BCUT2D eigenvalue weighted by Crippen LogP contribution is 2.47. The van der Waals surface area contributed by atoms with Gasteiger partial charge in [-0.15, -0.1) is 0 Å². The second-order valence-electron chi connectivity index (χ2n) is 6.99. The van der Waals surface area contributed by atoms with E-state index in [1.807, 2.05) is 11.8 Å². The van der Waals surface area contributed by atoms with Gasteiger partial charge in [0.2, 0.25) is 5.91 Å². The number of β-lactam (4-membered cyclic amide) rings is 1. The number of carbonyl (C=O) groups excluding carboxylic acids is 1. The smallest absolute Gasteiger partial charge is 0.352 e. The van der Waals surface area contributed by atoms with E-state index in [0.717, 1.165) is 0 Å². The number of hydrogen-bond acceptors (Lipinski definition) is 6. The highest BCUT2D eigenvalue weighted by atomic mass is 32.2. The largest absolute Gasteiger partial charge is 0.477 e. The summed E-state index contributed by atoms with van der Waals surface area (Å²) in [6, 6.07) is -0.641. The molecule has 1 unspecified atom stereocenters. The zero-order valence-electron chi connectivity index (χ0n) is 13.9. The Morgan fingerprint density at radius 3 is 2.52 bits per heavy atom. The summed E-state index contributed by atoms with van der Waals surface area (Å²) in [5.41, 5.74) is 0.616. The van der Waals surface area contributed by atoms with Gasteiger partial charge in [0, 0.05) is 31.6 Å². The predicted molar refractivity (Wildman–Crippen MR) is 86.1 cm³/mol. The standard InChI is InChI=1S/C14H22N4O6S/c1-6-9(5-17-3-8(4-17)16-25(15,23)24)12(14(21)22)18-11(6)10(7(2)19)13(18)20/h6-8,10-11,16,19H,3-5H2,1-2H3,(H,21,22)(H2,15,23,24)/t6-,7+,10?,11+/m0/s1. The molecule has 0 aliphatic carbocycles. The topological polar surface area (TPSA) is 153 Å². The number of nitrogens with two attached hydrogens (primary N) is 1. The molecule has 0 aromatic heterocycles. The summed E-state index contributed by atoms with van der Waals surface area (Å²) in [4.78, 5) is 27.1. The zero-order valence-corrected chi connectivity index (χ0v) is 14.7. The minimum Gasteiger partial charge on any atom is -0.477 e. The van der Waals surface area contributed by atoms with E-state index in [4.69, 9.17) is 5.14 Å². The van der Waals surface area contributed by atoms with E-state index in [1.54, 1.807) is 0 Å². The lowest BCUT2D eigenvalue weighted by Gasteiger charge is -2.46. The lowest BCUT2D eigenvalue weighted by molar-refractivity contribution is -0.163. The number of likely N-dealkylation sites (tertiary alicyclic amines) is 1. The number of hydrogen-bond donors (Lipinski definition) is 4. The van der Waals surface area contributed by atoms with Gasteiger partial charge in [0.15, 0.2) is 0 Å². The van der Waals surface area contributed by atoms with Crippen molar-refractivity contribution in [1.29, 1.82) is 0 Å². The Hall–Kier alpha value is -1.53. The van der Waals surface area contributed by atoms with Crippen molar-refractivity contribution in [2.24, 2.45) is 17.0 Å². The molecule has 1 amide bonds. The summed E-state index contributed by atoms with van der Waals surface area (Å²) in [5, 5.41) is 24.3. The molecule has 3 rings (SSSR count). The van der Waals surface area contributed by atoms with E-state index in [9.17, 15) is 28.2 Å². The number of aliphatic hydroxyl groups is 1. The first-order valence-corrected chi connectivity index (χ1v) is 9.55. The Kier molecular flexibility index (Phi) is 4.40. The van der Waals surface area contributed by atoms with Crippen molar-refractivity contribution < 1.29 is 28.2 Å². The van der Waals surface area contributed by atoms with Gasteiger partial charge in [0.25, 0.3) is 10.2 Å². The number of aliphatic hydroxyl groups excluding tert-OH is 1. The van der Waals surface area contributed by atoms with Gasteiger partial charge in [-0.1, -0.05) is 6.92 Å². The molecule has 5 N–H and O–H groups in total. The minimum atomic E-state index is -3.76. The lowest BCUT2D eigenvalue weighted by Crippen LogP contribution is -2.63. The van der Waals surface area contributed by atoms with Crippen molar-refractivity contribution in [2.75, 3.05) is 19.6 Å². The van der Waals surface area contributed by atoms with Crippen LogP contribution in [0.25, 0.3) is 0 Å². The van der Waals surface area contributed by atoms with Crippen molar-refractivity contribution in [3.05, 3.63) is 11.3 Å². The third-order valence-electron chi connectivity index (χ3n) is 5.20. The first-order valence-electron chi connectivity index (χ1n) is 8.01. The summed E-state index contributed by atoms with van der Waals surface area (Å²) in [5.74, 6) is -2.30. The molecule has 3 aliphatic rings. The second kappa shape index (κ2) is 6.02. The molecule has 11 heteroatoms. The van der Waals surface area contributed by atoms with Crippen LogP contribution in [0.1, 0.15) is 13.8 Å². The van der Waals surface area contributed by atoms with E-state index in [2.05, 4.69) is 4.72 Å². The first-order chi connectivity index (χ1) is 11.5. The fourth-order valence-electron chi connectivity index (χ4n) is 4.10. The van der Waals surface area contributed by atoms with Gasteiger partial charge >= 0.3 is 5.97 Å². The summed E-state index contributed by atoms with van der Waals surface area (Å²) in [6.45, 7) is 4.54. The van der Waals surface area contributed by atoms with Crippen LogP contribution in [0.2, 0.25) is 0 Å². The van der Waals surface area contributed by atoms with E-state index in [0.29, 0.717) is 25.2 Å². The number of nitrogens with one attached hydrogen (secondary N) is 1. The zero-order chi connectivity index (χ0) is 18.7. The highest BCUT2D eigenvalue weighted by Gasteiger charge is 2.59. The number of aliphatic carboxylic acids is 1. The van der Waals surface area contributed by atoms with Crippen molar-refractivity contribution in [1.82, 2.24) is 14.5 Å². The Morgan fingerprint density at radius 2 is 2.04 bits per heavy atom. The van der Waals surface area contributed by atoms with E-state index in [-0.39, 0.29) is 29.6 Å². The predicted octanol–water partition coefficient (Wildman–Crippen LogP) is -2.34. The molecule has 0 bridgehead atoms. The van der Waals surface area contributed by atoms with Gasteiger partial charge in [0.05, 0.1) is 18.1 Å². The molecule has 2 saturated heterocycles. The van der Waals surface area contributed by atoms with E-state index >= 15 is 0 Å². The Balaban J connectivity index is 1.73. The van der Waals surface area contributed by atoms with Gasteiger partial charge in [-0.2, -0.15) is 13.1 Å². The average molecular weight is 374 g/mol. The number of carboxylic acid groups (broad SMARTS) is 1. The van der Waals surface area contributed by atoms with Gasteiger partial charge in [-0.3, -0.25) is 9.69 Å². The molecule has 4 atom stereocenters. The molecular weight excluding hydrogens is 352 g/mol. The van der Waals surface area contributed by atoms with Crippen LogP contribution < -0.4 is 9.86 Å². The average Bonchev–Trinajstić information content (AvgIpc) is 2.65. The SMILES string of the molecule is C[C@@H](O)C1C(=O)N2C(C(=O)O)=C(CN3CC(NS(N)(=O)=O)C3)[C@H](C)[C@H]12. The number of rotatable bonds is 6. The molecule has 3 heterocycles. The third kappa shape index (κ3) is 3.06. The van der Waals surface area contributed by atoms with Crippen molar-refractivity contribution in [3.63, 3.8) is 0 Å². The van der Waals surface area contributed by atoms with Gasteiger partial charge in [-0.05, 0) is 12.5 Å². The molecule has 25 heavy (non-hydrogen) atoms. The normalized spacial score (nSPS) is 31.6. The Labute approximate surface area is 145 Å². The maximum Gasteiger partial charge on any atom is 0.352 e. The quantitative estimate of drug-likeness (QED) is 0.380. The molecule has 2 fully saturated rings. The molecule has 10 nitrogen and oxygen atoms in total. The number of carboxylic acids is 1. The maximum atomic E-state index is 12.2. The van der Waals surface area contributed by atoms with E-state index < -0.39 is 28.2 Å². The molecule has 0 aromatic carbocycles. The number of fused-ring (bicyclic) bond motifs is 1. The van der Waals surface area contributed by atoms with Crippen LogP contribution in [-0.2, 0) is 19.8 Å². The minimum absolute atomic E-state index is 0.0118. The van der Waals surface area contributed by atoms with Crippen LogP contribution in [0.3, 0.4) is 0 Å². The third-order valence-corrected chi connectivity index (χ3v) is 5.86. The molecule has 0 saturated carbocycles. The fraction of sp³-hybridized carbons (Fsp3) is 0.714. The number of amides is 1. The van der Waals surface area contributed by atoms with Crippen LogP contribution in [-0.4, -0.2) is 78.1 Å². The van der Waals surface area contributed by atoms with Crippen LogP contribution in [0.4, 0.5) is 0 Å². The van der Waals surface area contributed by atoms with Crippen LogP contribution >= 0.6 is 0 Å². The fourth-order valence-corrected chi connectivity index (χ4v) is 4.71. The van der Waals surface area contributed by atoms with Crippen molar-refractivity contribution in [2.45, 2.75) is 32.0 Å². The molecular formula is C14H22N4O6S. The lowest BCUT2D eigenvalue weighted by atomic mass is 9.77. The molecule has 0 radical (unpaired) electrons. The first kappa shape index (κ1) is 18.3. The van der Waals surface area contributed by atoms with Crippen LogP contribution in [0.5, 0.6) is 0 Å². The molecule has 0 spiro atoms. The Morgan fingerprint density at radius 1 is 1.44 bits per heavy atom. The molecule has 3 aliphatic heterocycles. The number of carbonyl (C=O) groups is 2. The molecule has 0 aromatic rings. The van der Waals surface area contributed by atoms with Gasteiger partial charge in [0.1, 0.15) is 5.70 Å². The summed E-state index contributed by atoms with van der Waals surface area (Å²) in [6.07, 6.45) is -0.835. The van der Waals surface area contributed by atoms with Crippen LogP contribution in [0, 0.1) is 11.8 Å². The monoisotopic (exact) mass is 374 g/mol. The highest BCUT2D eigenvalue weighted by molar-refractivity contribution is 7.87. The van der Waals surface area contributed by atoms with Gasteiger partial charge < -0.3 is 15.1 Å². The molecule has 140 valence electrons.